The molecule has 1 unspecified atom stereocenters. The zero-order valence-corrected chi connectivity index (χ0v) is 17.4. The molecule has 1 aromatic rings. The first kappa shape index (κ1) is 20.4. The Kier molecular flexibility index (Phi) is 9.78. The Morgan fingerprint density at radius 3 is 2.87 bits per heavy atom. The molecule has 0 aromatic heterocycles. The lowest BCUT2D eigenvalue weighted by Crippen LogP contribution is -2.40. The van der Waals surface area contributed by atoms with Gasteiger partial charge in [-0.3, -0.25) is 0 Å². The van der Waals surface area contributed by atoms with Crippen LogP contribution in [0, 0.1) is 6.92 Å². The Morgan fingerprint density at radius 2 is 2.22 bits per heavy atom. The summed E-state index contributed by atoms with van der Waals surface area (Å²) >= 11 is 2.06. The van der Waals surface area contributed by atoms with Gasteiger partial charge in [0.05, 0.1) is 13.7 Å². The number of thioether (sulfide) groups is 1. The number of aliphatic imine (C=N–C) groups is 1. The van der Waals surface area contributed by atoms with E-state index in [0.29, 0.717) is 6.54 Å². The summed E-state index contributed by atoms with van der Waals surface area (Å²) in [5, 5.41) is 7.50. The van der Waals surface area contributed by atoms with E-state index in [1.165, 1.54) is 18.6 Å². The molecular weight excluding hydrogens is 421 g/mol. The van der Waals surface area contributed by atoms with E-state index in [4.69, 9.17) is 4.74 Å². The molecule has 1 fully saturated rings. The van der Waals surface area contributed by atoms with Gasteiger partial charge in [-0.1, -0.05) is 12.1 Å². The Balaban J connectivity index is 0.00000264. The summed E-state index contributed by atoms with van der Waals surface area (Å²) in [5.41, 5.74) is 2.31. The molecule has 23 heavy (non-hydrogen) atoms. The van der Waals surface area contributed by atoms with Crippen LogP contribution in [0.2, 0.25) is 0 Å². The number of nitrogens with zero attached hydrogens (tertiary/aromatic N) is 1. The Labute approximate surface area is 161 Å². The molecule has 2 N–H and O–H groups in total. The maximum Gasteiger partial charge on any atom is 0.191 e. The van der Waals surface area contributed by atoms with Crippen LogP contribution in [0.25, 0.3) is 0 Å². The molecule has 2 rings (SSSR count). The van der Waals surface area contributed by atoms with Crippen molar-refractivity contribution in [3.63, 3.8) is 0 Å². The van der Waals surface area contributed by atoms with Crippen molar-refractivity contribution in [3.05, 3.63) is 29.3 Å². The molecule has 1 aliphatic rings. The quantitative estimate of drug-likeness (QED) is 0.396. The highest BCUT2D eigenvalue weighted by Gasteiger charge is 2.15. The average Bonchev–Trinajstić information content (AvgIpc) is 3.04. The summed E-state index contributed by atoms with van der Waals surface area (Å²) in [6, 6.07) is 6.26. The molecule has 0 amide bonds. The number of guanidine groups is 1. The fourth-order valence-electron chi connectivity index (χ4n) is 2.49. The molecule has 1 heterocycles. The largest absolute Gasteiger partial charge is 0.496 e. The van der Waals surface area contributed by atoms with Crippen LogP contribution in [0.4, 0.5) is 0 Å². The van der Waals surface area contributed by atoms with Crippen molar-refractivity contribution >= 4 is 41.7 Å². The van der Waals surface area contributed by atoms with Crippen LogP contribution >= 0.6 is 35.7 Å². The van der Waals surface area contributed by atoms with Gasteiger partial charge in [0.15, 0.2) is 5.96 Å². The minimum atomic E-state index is 0. The second kappa shape index (κ2) is 11.0. The third-order valence-corrected chi connectivity index (χ3v) is 5.16. The Bertz CT molecular complexity index is 505. The van der Waals surface area contributed by atoms with Gasteiger partial charge >= 0.3 is 0 Å². The smallest absolute Gasteiger partial charge is 0.191 e. The molecule has 1 aromatic carbocycles. The SMILES string of the molecule is CCNC(=NCc1ccc(C)c(OC)c1)NCC1CCCS1.I. The van der Waals surface area contributed by atoms with Crippen LogP contribution in [-0.2, 0) is 6.54 Å². The van der Waals surface area contributed by atoms with E-state index in [1.54, 1.807) is 7.11 Å². The molecule has 4 nitrogen and oxygen atoms in total. The van der Waals surface area contributed by atoms with Crippen molar-refractivity contribution in [3.8, 4) is 5.75 Å². The number of benzene rings is 1. The molecule has 130 valence electrons. The standard InChI is InChI=1S/C17H27N3OS.HI/c1-4-18-17(20-12-15-6-5-9-22-15)19-11-14-8-7-13(2)16(10-14)21-3;/h7-8,10,15H,4-6,9,11-12H2,1-3H3,(H2,18,19,20);1H. The fraction of sp³-hybridized carbons (Fsp3) is 0.588. The third-order valence-electron chi connectivity index (χ3n) is 3.76. The van der Waals surface area contributed by atoms with Gasteiger partial charge in [-0.05, 0) is 49.6 Å². The Hall–Kier alpha value is -0.630. The molecule has 0 radical (unpaired) electrons. The maximum absolute atomic E-state index is 5.37. The molecule has 1 atom stereocenters. The van der Waals surface area contributed by atoms with Crippen LogP contribution < -0.4 is 15.4 Å². The minimum absolute atomic E-state index is 0. The van der Waals surface area contributed by atoms with Crippen molar-refractivity contribution in [1.29, 1.82) is 0 Å². The van der Waals surface area contributed by atoms with Gasteiger partial charge in [-0.25, -0.2) is 4.99 Å². The lowest BCUT2D eigenvalue weighted by molar-refractivity contribution is 0.411. The van der Waals surface area contributed by atoms with E-state index in [-0.39, 0.29) is 24.0 Å². The van der Waals surface area contributed by atoms with Gasteiger partial charge in [-0.15, -0.1) is 24.0 Å². The van der Waals surface area contributed by atoms with E-state index in [2.05, 4.69) is 59.4 Å². The topological polar surface area (TPSA) is 45.7 Å². The second-order valence-electron chi connectivity index (χ2n) is 5.52. The number of nitrogens with one attached hydrogen (secondary N) is 2. The molecule has 0 bridgehead atoms. The second-order valence-corrected chi connectivity index (χ2v) is 6.92. The number of methoxy groups -OCH3 is 1. The predicted octanol–water partition coefficient (Wildman–Crippen LogP) is 3.57. The summed E-state index contributed by atoms with van der Waals surface area (Å²) in [4.78, 5) is 4.68. The van der Waals surface area contributed by atoms with Gasteiger partial charge in [0.2, 0.25) is 0 Å². The summed E-state index contributed by atoms with van der Waals surface area (Å²) < 4.78 is 5.37. The van der Waals surface area contributed by atoms with E-state index in [0.717, 1.165) is 41.2 Å². The molecule has 0 spiro atoms. The lowest BCUT2D eigenvalue weighted by atomic mass is 10.1. The van der Waals surface area contributed by atoms with Crippen molar-refractivity contribution in [2.45, 2.75) is 38.5 Å². The zero-order chi connectivity index (χ0) is 15.8. The molecule has 1 saturated heterocycles. The summed E-state index contributed by atoms with van der Waals surface area (Å²) in [6.45, 7) is 6.67. The number of aryl methyl sites for hydroxylation is 1. The number of halogens is 1. The Morgan fingerprint density at radius 1 is 1.39 bits per heavy atom. The average molecular weight is 449 g/mol. The first-order valence-corrected chi connectivity index (χ1v) is 9.05. The van der Waals surface area contributed by atoms with E-state index < -0.39 is 0 Å². The molecule has 0 aliphatic carbocycles. The molecule has 6 heteroatoms. The van der Waals surface area contributed by atoms with Crippen LogP contribution in [0.5, 0.6) is 5.75 Å². The summed E-state index contributed by atoms with van der Waals surface area (Å²) in [5.74, 6) is 3.12. The number of hydrogen-bond donors (Lipinski definition) is 2. The normalized spacial score (nSPS) is 17.5. The fourth-order valence-corrected chi connectivity index (χ4v) is 3.69. The van der Waals surface area contributed by atoms with Gasteiger partial charge in [-0.2, -0.15) is 11.8 Å². The van der Waals surface area contributed by atoms with Gasteiger partial charge in [0.25, 0.3) is 0 Å². The first-order chi connectivity index (χ1) is 10.7. The van der Waals surface area contributed by atoms with Gasteiger partial charge in [0.1, 0.15) is 5.75 Å². The number of hydrogen-bond acceptors (Lipinski definition) is 3. The lowest BCUT2D eigenvalue weighted by Gasteiger charge is -2.14. The predicted molar refractivity (Wildman–Crippen MR) is 111 cm³/mol. The molecule has 0 saturated carbocycles. The zero-order valence-electron chi connectivity index (χ0n) is 14.2. The van der Waals surface area contributed by atoms with E-state index in [1.807, 2.05) is 0 Å². The first-order valence-electron chi connectivity index (χ1n) is 8.00. The van der Waals surface area contributed by atoms with Crippen LogP contribution in [0.1, 0.15) is 30.9 Å². The van der Waals surface area contributed by atoms with Gasteiger partial charge in [0, 0.05) is 18.3 Å². The van der Waals surface area contributed by atoms with Crippen molar-refractivity contribution in [1.82, 2.24) is 10.6 Å². The summed E-state index contributed by atoms with van der Waals surface area (Å²) in [6.07, 6.45) is 2.65. The van der Waals surface area contributed by atoms with E-state index >= 15 is 0 Å². The molecule has 1 aliphatic heterocycles. The van der Waals surface area contributed by atoms with Crippen LogP contribution in [0.15, 0.2) is 23.2 Å². The van der Waals surface area contributed by atoms with Crippen LogP contribution in [0.3, 0.4) is 0 Å². The van der Waals surface area contributed by atoms with Crippen molar-refractivity contribution < 1.29 is 4.74 Å². The molecular formula is C17H28IN3OS. The van der Waals surface area contributed by atoms with Crippen molar-refractivity contribution in [2.24, 2.45) is 4.99 Å². The highest BCUT2D eigenvalue weighted by molar-refractivity contribution is 14.0. The highest BCUT2D eigenvalue weighted by Crippen LogP contribution is 2.25. The van der Waals surface area contributed by atoms with E-state index in [9.17, 15) is 0 Å². The minimum Gasteiger partial charge on any atom is -0.496 e. The van der Waals surface area contributed by atoms with Crippen molar-refractivity contribution in [2.75, 3.05) is 26.0 Å². The number of ether oxygens (including phenoxy) is 1. The monoisotopic (exact) mass is 449 g/mol. The van der Waals surface area contributed by atoms with Crippen LogP contribution in [-0.4, -0.2) is 37.2 Å². The summed E-state index contributed by atoms with van der Waals surface area (Å²) in [7, 11) is 1.71. The third kappa shape index (κ3) is 6.79. The van der Waals surface area contributed by atoms with Gasteiger partial charge < -0.3 is 15.4 Å². The maximum atomic E-state index is 5.37. The highest BCUT2D eigenvalue weighted by atomic mass is 127. The number of rotatable bonds is 6.